The zero-order valence-electron chi connectivity index (χ0n) is 12.4. The summed E-state index contributed by atoms with van der Waals surface area (Å²) in [6.45, 7) is 3.08. The molecule has 0 fully saturated rings. The van der Waals surface area contributed by atoms with Gasteiger partial charge in [-0.05, 0) is 29.7 Å². The summed E-state index contributed by atoms with van der Waals surface area (Å²) >= 11 is 1.81. The molecule has 0 bridgehead atoms. The first-order valence-corrected chi connectivity index (χ1v) is 8.51. The van der Waals surface area contributed by atoms with E-state index in [4.69, 9.17) is 4.98 Å². The smallest absolute Gasteiger partial charge is 0.108 e. The number of thiazole rings is 1. The van der Waals surface area contributed by atoms with E-state index >= 15 is 0 Å². The Morgan fingerprint density at radius 3 is 2.59 bits per heavy atom. The van der Waals surface area contributed by atoms with Crippen molar-refractivity contribution >= 4 is 27.1 Å². The van der Waals surface area contributed by atoms with Crippen molar-refractivity contribution in [2.24, 2.45) is 0 Å². The number of hydrogen-bond donors (Lipinski definition) is 0. The number of hydrogen-bond acceptors (Lipinski definition) is 3. The first-order chi connectivity index (χ1) is 10.9. The third-order valence-electron chi connectivity index (χ3n) is 4.13. The highest BCUT2D eigenvalue weighted by molar-refractivity contribution is 7.18. The quantitative estimate of drug-likeness (QED) is 0.704. The number of nitrogens with zero attached hydrogens (tertiary/aromatic N) is 2. The van der Waals surface area contributed by atoms with Crippen molar-refractivity contribution in [1.29, 1.82) is 0 Å². The Hall–Kier alpha value is -1.97. The molecule has 0 saturated heterocycles. The van der Waals surface area contributed by atoms with Crippen LogP contribution in [0.4, 0.5) is 0 Å². The molecular weight excluding hydrogens is 288 g/mol. The van der Waals surface area contributed by atoms with E-state index in [1.807, 2.05) is 11.3 Å². The maximum absolute atomic E-state index is 4.74. The van der Waals surface area contributed by atoms with Crippen LogP contribution in [-0.2, 0) is 6.54 Å². The fraction of sp³-hybridized carbons (Fsp3) is 0.211. The zero-order chi connectivity index (χ0) is 14.8. The molecule has 3 aromatic rings. The van der Waals surface area contributed by atoms with Gasteiger partial charge in [-0.1, -0.05) is 48.5 Å². The second-order valence-corrected chi connectivity index (χ2v) is 6.77. The van der Waals surface area contributed by atoms with Crippen molar-refractivity contribution in [3.8, 4) is 0 Å². The molecule has 0 N–H and O–H groups in total. The molecule has 3 heteroatoms. The van der Waals surface area contributed by atoms with Crippen LogP contribution in [0.5, 0.6) is 0 Å². The molecule has 0 saturated carbocycles. The van der Waals surface area contributed by atoms with Crippen LogP contribution in [0, 0.1) is 0 Å². The SMILES string of the molecule is C1=C(c2ccccc2)CCN(Cc2nc3ccccc3s2)C1. The van der Waals surface area contributed by atoms with Crippen LogP contribution in [-0.4, -0.2) is 23.0 Å². The topological polar surface area (TPSA) is 16.1 Å². The lowest BCUT2D eigenvalue weighted by molar-refractivity contribution is 0.293. The van der Waals surface area contributed by atoms with Gasteiger partial charge in [-0.15, -0.1) is 11.3 Å². The van der Waals surface area contributed by atoms with Gasteiger partial charge in [0.2, 0.25) is 0 Å². The fourth-order valence-corrected chi connectivity index (χ4v) is 3.96. The summed E-state index contributed by atoms with van der Waals surface area (Å²) < 4.78 is 1.29. The summed E-state index contributed by atoms with van der Waals surface area (Å²) in [4.78, 5) is 7.22. The van der Waals surface area contributed by atoms with Gasteiger partial charge in [0.05, 0.1) is 16.8 Å². The van der Waals surface area contributed by atoms with E-state index in [2.05, 4.69) is 65.6 Å². The maximum Gasteiger partial charge on any atom is 0.108 e. The molecule has 4 rings (SSSR count). The van der Waals surface area contributed by atoms with Crippen molar-refractivity contribution < 1.29 is 0 Å². The summed E-state index contributed by atoms with van der Waals surface area (Å²) in [6.07, 6.45) is 3.49. The summed E-state index contributed by atoms with van der Waals surface area (Å²) in [5.41, 5.74) is 3.96. The predicted molar refractivity (Wildman–Crippen MR) is 93.9 cm³/mol. The Morgan fingerprint density at radius 1 is 1.00 bits per heavy atom. The highest BCUT2D eigenvalue weighted by atomic mass is 32.1. The standard InChI is InChI=1S/C19H18N2S/c1-2-6-15(7-3-1)16-10-12-21(13-11-16)14-19-20-17-8-4-5-9-18(17)22-19/h1-10H,11-14H2. The van der Waals surface area contributed by atoms with Gasteiger partial charge in [0.25, 0.3) is 0 Å². The van der Waals surface area contributed by atoms with Gasteiger partial charge in [-0.25, -0.2) is 4.98 Å². The molecule has 0 unspecified atom stereocenters. The minimum atomic E-state index is 0.956. The van der Waals surface area contributed by atoms with Gasteiger partial charge in [-0.3, -0.25) is 4.90 Å². The molecule has 0 atom stereocenters. The number of benzene rings is 2. The Bertz CT molecular complexity index is 771. The van der Waals surface area contributed by atoms with Crippen LogP contribution in [0.1, 0.15) is 17.0 Å². The Morgan fingerprint density at radius 2 is 1.82 bits per heavy atom. The average molecular weight is 306 g/mol. The molecule has 2 aromatic carbocycles. The molecule has 2 heterocycles. The molecule has 1 aliphatic heterocycles. The number of para-hydroxylation sites is 1. The van der Waals surface area contributed by atoms with Gasteiger partial charge in [0.15, 0.2) is 0 Å². The summed E-state index contributed by atoms with van der Waals surface area (Å²) in [6, 6.07) is 19.1. The third kappa shape index (κ3) is 2.82. The van der Waals surface area contributed by atoms with Crippen molar-refractivity contribution in [2.75, 3.05) is 13.1 Å². The van der Waals surface area contributed by atoms with E-state index in [0.717, 1.165) is 31.6 Å². The summed E-state index contributed by atoms with van der Waals surface area (Å²) in [5.74, 6) is 0. The lowest BCUT2D eigenvalue weighted by Gasteiger charge is -2.25. The van der Waals surface area contributed by atoms with Crippen molar-refractivity contribution in [2.45, 2.75) is 13.0 Å². The lowest BCUT2D eigenvalue weighted by atomic mass is 10.00. The average Bonchev–Trinajstić information content (AvgIpc) is 2.98. The molecule has 1 aromatic heterocycles. The van der Waals surface area contributed by atoms with Gasteiger partial charge in [-0.2, -0.15) is 0 Å². The highest BCUT2D eigenvalue weighted by Gasteiger charge is 2.14. The van der Waals surface area contributed by atoms with E-state index in [0.29, 0.717) is 0 Å². The van der Waals surface area contributed by atoms with Gasteiger partial charge < -0.3 is 0 Å². The van der Waals surface area contributed by atoms with E-state index in [1.165, 1.54) is 20.8 Å². The van der Waals surface area contributed by atoms with Gasteiger partial charge in [0.1, 0.15) is 5.01 Å². The first kappa shape index (κ1) is 13.7. The van der Waals surface area contributed by atoms with Crippen LogP contribution >= 0.6 is 11.3 Å². The van der Waals surface area contributed by atoms with E-state index in [9.17, 15) is 0 Å². The monoisotopic (exact) mass is 306 g/mol. The third-order valence-corrected chi connectivity index (χ3v) is 5.16. The molecule has 0 radical (unpaired) electrons. The zero-order valence-corrected chi connectivity index (χ0v) is 13.2. The first-order valence-electron chi connectivity index (χ1n) is 7.70. The Labute approximate surface area is 134 Å². The highest BCUT2D eigenvalue weighted by Crippen LogP contribution is 2.26. The van der Waals surface area contributed by atoms with E-state index in [1.54, 1.807) is 0 Å². The Kier molecular flexibility index (Phi) is 3.75. The predicted octanol–water partition coefficient (Wildman–Crippen LogP) is 4.59. The number of rotatable bonds is 3. The molecule has 22 heavy (non-hydrogen) atoms. The molecule has 0 spiro atoms. The molecule has 1 aliphatic rings. The number of fused-ring (bicyclic) bond motifs is 1. The van der Waals surface area contributed by atoms with Crippen molar-refractivity contribution in [3.63, 3.8) is 0 Å². The second-order valence-electron chi connectivity index (χ2n) is 5.66. The molecular formula is C19H18N2S. The van der Waals surface area contributed by atoms with Crippen LogP contribution < -0.4 is 0 Å². The van der Waals surface area contributed by atoms with Crippen molar-refractivity contribution in [3.05, 3.63) is 71.2 Å². The van der Waals surface area contributed by atoms with Crippen LogP contribution in [0.25, 0.3) is 15.8 Å². The molecule has 2 nitrogen and oxygen atoms in total. The largest absolute Gasteiger partial charge is 0.293 e. The Balaban J connectivity index is 1.46. The molecule has 110 valence electrons. The van der Waals surface area contributed by atoms with Crippen LogP contribution in [0.2, 0.25) is 0 Å². The van der Waals surface area contributed by atoms with Crippen LogP contribution in [0.3, 0.4) is 0 Å². The second kappa shape index (κ2) is 6.03. The fourth-order valence-electron chi connectivity index (χ4n) is 2.95. The minimum absolute atomic E-state index is 0.956. The maximum atomic E-state index is 4.74. The normalized spacial score (nSPS) is 15.9. The van der Waals surface area contributed by atoms with Crippen molar-refractivity contribution in [1.82, 2.24) is 9.88 Å². The van der Waals surface area contributed by atoms with E-state index in [-0.39, 0.29) is 0 Å². The summed E-state index contributed by atoms with van der Waals surface area (Å²) in [7, 11) is 0. The molecule has 0 amide bonds. The van der Waals surface area contributed by atoms with Crippen LogP contribution in [0.15, 0.2) is 60.7 Å². The minimum Gasteiger partial charge on any atom is -0.293 e. The number of aromatic nitrogens is 1. The van der Waals surface area contributed by atoms with Gasteiger partial charge >= 0.3 is 0 Å². The lowest BCUT2D eigenvalue weighted by Crippen LogP contribution is -2.27. The van der Waals surface area contributed by atoms with E-state index < -0.39 is 0 Å². The van der Waals surface area contributed by atoms with Gasteiger partial charge in [0, 0.05) is 13.1 Å². The summed E-state index contributed by atoms with van der Waals surface area (Å²) in [5, 5.41) is 1.22. The molecule has 0 aliphatic carbocycles.